The van der Waals surface area contributed by atoms with E-state index in [-0.39, 0.29) is 11.6 Å². The van der Waals surface area contributed by atoms with Crippen LogP contribution in [0.25, 0.3) is 11.4 Å². The number of H-pyrrole nitrogens is 1. The normalized spacial score (nSPS) is 14.4. The molecule has 2 aromatic rings. The summed E-state index contributed by atoms with van der Waals surface area (Å²) in [6.45, 7) is 0. The number of aromatic amines is 1. The third-order valence-corrected chi connectivity index (χ3v) is 3.41. The number of aromatic nitrogens is 2. The Labute approximate surface area is 115 Å². The minimum atomic E-state index is -0.386. The summed E-state index contributed by atoms with van der Waals surface area (Å²) in [7, 11) is 1.44. The highest BCUT2D eigenvalue weighted by molar-refractivity contribution is 7.71. The number of nitrogens with one attached hydrogen (secondary N) is 1. The zero-order chi connectivity index (χ0) is 13.4. The quantitative estimate of drug-likeness (QED) is 0.866. The summed E-state index contributed by atoms with van der Waals surface area (Å²) in [6, 6.07) is 6.57. The second-order valence-electron chi connectivity index (χ2n) is 4.65. The Morgan fingerprint density at radius 2 is 2.16 bits per heavy atom. The van der Waals surface area contributed by atoms with Crippen LogP contribution in [0.15, 0.2) is 24.3 Å². The molecule has 0 unspecified atom stereocenters. The van der Waals surface area contributed by atoms with Crippen molar-refractivity contribution in [1.82, 2.24) is 9.97 Å². The summed E-state index contributed by atoms with van der Waals surface area (Å²) >= 11 is 5.18. The molecule has 1 saturated carbocycles. The molecular weight excluding hydrogens is 263 g/mol. The van der Waals surface area contributed by atoms with Crippen molar-refractivity contribution in [1.29, 1.82) is 0 Å². The smallest absolute Gasteiger partial charge is 0.165 e. The second-order valence-corrected chi connectivity index (χ2v) is 5.07. The number of ether oxygens (including phenoxy) is 1. The van der Waals surface area contributed by atoms with Gasteiger partial charge in [0.15, 0.2) is 11.6 Å². The van der Waals surface area contributed by atoms with E-state index < -0.39 is 0 Å². The lowest BCUT2D eigenvalue weighted by Crippen LogP contribution is -1.96. The Morgan fingerprint density at radius 1 is 1.37 bits per heavy atom. The van der Waals surface area contributed by atoms with Crippen molar-refractivity contribution in [3.8, 4) is 17.1 Å². The highest BCUT2D eigenvalue weighted by Crippen LogP contribution is 2.39. The Kier molecular flexibility index (Phi) is 3.06. The molecule has 1 fully saturated rings. The molecule has 1 N–H and O–H groups in total. The Bertz CT molecular complexity index is 679. The summed E-state index contributed by atoms with van der Waals surface area (Å²) < 4.78 is 18.9. The van der Waals surface area contributed by atoms with Crippen molar-refractivity contribution in [3.63, 3.8) is 0 Å². The molecule has 0 bridgehead atoms. The van der Waals surface area contributed by atoms with Gasteiger partial charge in [0.25, 0.3) is 0 Å². The van der Waals surface area contributed by atoms with Crippen LogP contribution in [-0.2, 0) is 0 Å². The van der Waals surface area contributed by atoms with Gasteiger partial charge >= 0.3 is 0 Å². The molecule has 0 atom stereocenters. The van der Waals surface area contributed by atoms with E-state index in [1.807, 2.05) is 6.07 Å². The van der Waals surface area contributed by atoms with Crippen LogP contribution in [0, 0.1) is 10.5 Å². The molecule has 1 aromatic carbocycles. The number of rotatable bonds is 3. The maximum absolute atomic E-state index is 13.4. The molecule has 3 nitrogen and oxygen atoms in total. The molecule has 1 aromatic heterocycles. The van der Waals surface area contributed by atoms with Gasteiger partial charge in [-0.2, -0.15) is 0 Å². The molecule has 0 saturated heterocycles. The third-order valence-electron chi connectivity index (χ3n) is 3.21. The van der Waals surface area contributed by atoms with E-state index in [0.717, 1.165) is 11.3 Å². The van der Waals surface area contributed by atoms with Crippen LogP contribution >= 0.6 is 12.2 Å². The first-order valence-electron chi connectivity index (χ1n) is 6.12. The maximum atomic E-state index is 13.4. The number of methoxy groups -OCH3 is 1. The van der Waals surface area contributed by atoms with Gasteiger partial charge in [-0.1, -0.05) is 12.2 Å². The number of hydrogen-bond acceptors (Lipinski definition) is 3. The number of benzene rings is 1. The van der Waals surface area contributed by atoms with Crippen LogP contribution in [0.2, 0.25) is 0 Å². The van der Waals surface area contributed by atoms with Crippen LogP contribution in [0.4, 0.5) is 4.39 Å². The highest BCUT2D eigenvalue weighted by Gasteiger charge is 2.24. The van der Waals surface area contributed by atoms with E-state index in [2.05, 4.69) is 9.97 Å². The lowest BCUT2D eigenvalue weighted by atomic mass is 10.2. The first-order chi connectivity index (χ1) is 9.17. The Balaban J connectivity index is 2.08. The van der Waals surface area contributed by atoms with Gasteiger partial charge in [-0.3, -0.25) is 0 Å². The zero-order valence-corrected chi connectivity index (χ0v) is 11.3. The van der Waals surface area contributed by atoms with Gasteiger partial charge in [-0.15, -0.1) is 0 Å². The molecule has 19 heavy (non-hydrogen) atoms. The van der Waals surface area contributed by atoms with Crippen molar-refractivity contribution in [3.05, 3.63) is 40.4 Å². The van der Waals surface area contributed by atoms with Gasteiger partial charge in [-0.05, 0) is 43.0 Å². The van der Waals surface area contributed by atoms with Crippen LogP contribution in [0.3, 0.4) is 0 Å². The Morgan fingerprint density at radius 3 is 2.84 bits per heavy atom. The fourth-order valence-electron chi connectivity index (χ4n) is 2.03. The lowest BCUT2D eigenvalue weighted by Gasteiger charge is -2.07. The molecule has 98 valence electrons. The van der Waals surface area contributed by atoms with Gasteiger partial charge in [0.05, 0.1) is 7.11 Å². The van der Waals surface area contributed by atoms with Crippen molar-refractivity contribution in [2.75, 3.05) is 7.11 Å². The van der Waals surface area contributed by atoms with Gasteiger partial charge in [0, 0.05) is 11.3 Å². The van der Waals surface area contributed by atoms with Gasteiger partial charge < -0.3 is 9.72 Å². The van der Waals surface area contributed by atoms with Crippen LogP contribution < -0.4 is 4.74 Å². The number of halogens is 1. The van der Waals surface area contributed by atoms with Crippen molar-refractivity contribution >= 4 is 12.2 Å². The third kappa shape index (κ3) is 2.51. The van der Waals surface area contributed by atoms with E-state index in [4.69, 9.17) is 17.0 Å². The molecular formula is C14H13FN2OS. The SMILES string of the molecule is COc1cc(-c2nc(=S)cc(C3CC3)[nH]2)ccc1F. The zero-order valence-electron chi connectivity index (χ0n) is 10.4. The first kappa shape index (κ1) is 12.3. The Hall–Kier alpha value is -1.75. The number of hydrogen-bond donors (Lipinski definition) is 1. The minimum absolute atomic E-state index is 0.204. The monoisotopic (exact) mass is 276 g/mol. The molecule has 0 amide bonds. The average Bonchev–Trinajstić information content (AvgIpc) is 3.23. The lowest BCUT2D eigenvalue weighted by molar-refractivity contribution is 0.386. The van der Waals surface area contributed by atoms with E-state index in [1.165, 1.54) is 26.0 Å². The minimum Gasteiger partial charge on any atom is -0.494 e. The van der Waals surface area contributed by atoms with Gasteiger partial charge in [0.2, 0.25) is 0 Å². The fraction of sp³-hybridized carbons (Fsp3) is 0.286. The molecule has 1 aliphatic carbocycles. The molecule has 1 heterocycles. The van der Waals surface area contributed by atoms with Crippen LogP contribution in [-0.4, -0.2) is 17.1 Å². The summed E-state index contributed by atoms with van der Waals surface area (Å²) in [5.74, 6) is 1.04. The van der Waals surface area contributed by atoms with E-state index in [0.29, 0.717) is 16.4 Å². The molecule has 1 aliphatic rings. The highest BCUT2D eigenvalue weighted by atomic mass is 32.1. The predicted molar refractivity (Wildman–Crippen MR) is 73.3 cm³/mol. The standard InChI is InChI=1S/C14H13FN2OS/c1-18-12-6-9(4-5-10(12)15)14-16-11(8-2-3-8)7-13(19)17-14/h4-8H,2-3H2,1H3,(H,16,17,19). The van der Waals surface area contributed by atoms with Crippen molar-refractivity contribution in [2.45, 2.75) is 18.8 Å². The van der Waals surface area contributed by atoms with Crippen molar-refractivity contribution < 1.29 is 9.13 Å². The topological polar surface area (TPSA) is 37.9 Å². The van der Waals surface area contributed by atoms with Crippen LogP contribution in [0.5, 0.6) is 5.75 Å². The van der Waals surface area contributed by atoms with Gasteiger partial charge in [0.1, 0.15) is 10.5 Å². The molecule has 0 aliphatic heterocycles. The first-order valence-corrected chi connectivity index (χ1v) is 6.53. The summed E-state index contributed by atoms with van der Waals surface area (Å²) in [4.78, 5) is 7.58. The van der Waals surface area contributed by atoms with E-state index >= 15 is 0 Å². The summed E-state index contributed by atoms with van der Waals surface area (Å²) in [5.41, 5.74) is 1.88. The molecule has 3 rings (SSSR count). The van der Waals surface area contributed by atoms with Gasteiger partial charge in [-0.25, -0.2) is 9.37 Å². The van der Waals surface area contributed by atoms with E-state index in [9.17, 15) is 4.39 Å². The predicted octanol–water partition coefficient (Wildman–Crippen LogP) is 3.83. The molecule has 0 spiro atoms. The average molecular weight is 276 g/mol. The van der Waals surface area contributed by atoms with Crippen LogP contribution in [0.1, 0.15) is 24.5 Å². The van der Waals surface area contributed by atoms with Crippen molar-refractivity contribution in [2.24, 2.45) is 0 Å². The molecule has 5 heteroatoms. The number of nitrogens with zero attached hydrogens (tertiary/aromatic N) is 1. The summed E-state index contributed by atoms with van der Waals surface area (Å²) in [6.07, 6.45) is 2.36. The molecule has 0 radical (unpaired) electrons. The maximum Gasteiger partial charge on any atom is 0.165 e. The van der Waals surface area contributed by atoms with E-state index in [1.54, 1.807) is 12.1 Å². The second kappa shape index (κ2) is 4.74. The summed E-state index contributed by atoms with van der Waals surface area (Å²) in [5, 5.41) is 0. The largest absolute Gasteiger partial charge is 0.494 e. The fourth-order valence-corrected chi connectivity index (χ4v) is 2.25.